The maximum atomic E-state index is 13.9. The van der Waals surface area contributed by atoms with Gasteiger partial charge in [-0.1, -0.05) is 46.0 Å². The number of carbonyl (C=O) groups excluding carboxylic acids is 1. The maximum absolute atomic E-state index is 13.9. The lowest BCUT2D eigenvalue weighted by Gasteiger charge is -2.09. The van der Waals surface area contributed by atoms with Crippen LogP contribution in [0.4, 0.5) is 10.1 Å². The summed E-state index contributed by atoms with van der Waals surface area (Å²) in [6.07, 6.45) is 0. The van der Waals surface area contributed by atoms with Gasteiger partial charge in [0, 0.05) is 10.6 Å². The summed E-state index contributed by atoms with van der Waals surface area (Å²) >= 11 is 18.1. The third kappa shape index (κ3) is 3.49. The largest absolute Gasteiger partial charge is 0.360 e. The van der Waals surface area contributed by atoms with E-state index in [2.05, 4.69) is 10.5 Å². The van der Waals surface area contributed by atoms with Crippen LogP contribution in [0.15, 0.2) is 40.9 Å². The average Bonchev–Trinajstić information content (AvgIpc) is 2.91. The fraction of sp³-hybridized carbons (Fsp3) is 0.0588. The Kier molecular flexibility index (Phi) is 4.99. The molecule has 0 bridgehead atoms. The topological polar surface area (TPSA) is 55.1 Å². The highest BCUT2D eigenvalue weighted by Crippen LogP contribution is 2.37. The van der Waals surface area contributed by atoms with Crippen molar-refractivity contribution in [3.63, 3.8) is 0 Å². The lowest BCUT2D eigenvalue weighted by molar-refractivity contribution is 0.102. The van der Waals surface area contributed by atoms with Gasteiger partial charge in [-0.15, -0.1) is 0 Å². The number of amides is 1. The first-order chi connectivity index (χ1) is 11.9. The predicted octanol–water partition coefficient (Wildman–Crippen LogP) is 6.00. The fourth-order valence-electron chi connectivity index (χ4n) is 2.31. The fourth-order valence-corrected chi connectivity index (χ4v) is 3.05. The lowest BCUT2D eigenvalue weighted by atomic mass is 10.1. The van der Waals surface area contributed by atoms with Crippen molar-refractivity contribution >= 4 is 46.4 Å². The zero-order valence-electron chi connectivity index (χ0n) is 12.7. The molecule has 0 saturated carbocycles. The number of nitrogens with one attached hydrogen (secondary N) is 1. The van der Waals surface area contributed by atoms with Crippen molar-refractivity contribution in [2.45, 2.75) is 6.92 Å². The summed E-state index contributed by atoms with van der Waals surface area (Å²) in [6.45, 7) is 1.56. The van der Waals surface area contributed by atoms with Gasteiger partial charge >= 0.3 is 0 Å². The molecule has 0 saturated heterocycles. The first-order valence-corrected chi connectivity index (χ1v) is 8.19. The molecule has 0 atom stereocenters. The van der Waals surface area contributed by atoms with Crippen LogP contribution in [0.25, 0.3) is 11.3 Å². The lowest BCUT2D eigenvalue weighted by Crippen LogP contribution is -2.14. The second-order valence-corrected chi connectivity index (χ2v) is 6.39. The normalized spacial score (nSPS) is 10.8. The third-order valence-electron chi connectivity index (χ3n) is 3.47. The van der Waals surface area contributed by atoms with E-state index in [0.29, 0.717) is 15.6 Å². The first-order valence-electron chi connectivity index (χ1n) is 7.05. The third-order valence-corrected chi connectivity index (χ3v) is 4.33. The van der Waals surface area contributed by atoms with Crippen LogP contribution in [0, 0.1) is 12.7 Å². The number of nitrogens with zero attached hydrogens (tertiary/aromatic N) is 1. The second-order valence-electron chi connectivity index (χ2n) is 5.14. The van der Waals surface area contributed by atoms with E-state index < -0.39 is 11.7 Å². The molecule has 0 aliphatic heterocycles. The van der Waals surface area contributed by atoms with E-state index in [-0.39, 0.29) is 27.7 Å². The molecule has 0 fully saturated rings. The molecular weight excluding hydrogens is 390 g/mol. The molecular formula is C17H10Cl3FN2O2. The summed E-state index contributed by atoms with van der Waals surface area (Å²) in [5.41, 5.74) is 0.639. The summed E-state index contributed by atoms with van der Waals surface area (Å²) in [6, 6.07) is 8.83. The molecule has 0 aliphatic rings. The average molecular weight is 400 g/mol. The maximum Gasteiger partial charge on any atom is 0.261 e. The van der Waals surface area contributed by atoms with Crippen molar-refractivity contribution in [2.24, 2.45) is 0 Å². The van der Waals surface area contributed by atoms with Crippen LogP contribution in [0.5, 0.6) is 0 Å². The number of rotatable bonds is 3. The van der Waals surface area contributed by atoms with E-state index in [4.69, 9.17) is 39.3 Å². The molecule has 0 radical (unpaired) electrons. The van der Waals surface area contributed by atoms with Crippen molar-refractivity contribution in [1.29, 1.82) is 0 Å². The predicted molar refractivity (Wildman–Crippen MR) is 96.1 cm³/mol. The van der Waals surface area contributed by atoms with Gasteiger partial charge in [0.15, 0.2) is 0 Å². The smallest absolute Gasteiger partial charge is 0.261 e. The number of anilines is 1. The van der Waals surface area contributed by atoms with Crippen molar-refractivity contribution in [1.82, 2.24) is 5.16 Å². The van der Waals surface area contributed by atoms with Crippen molar-refractivity contribution in [3.05, 3.63) is 68.6 Å². The van der Waals surface area contributed by atoms with Gasteiger partial charge in [-0.25, -0.2) is 4.39 Å². The highest BCUT2D eigenvalue weighted by molar-refractivity contribution is 6.39. The Balaban J connectivity index is 2.03. The van der Waals surface area contributed by atoms with E-state index in [1.165, 1.54) is 12.1 Å². The molecule has 0 unspecified atom stereocenters. The minimum absolute atomic E-state index is 0.0220. The Labute approximate surface area is 157 Å². The van der Waals surface area contributed by atoms with Gasteiger partial charge in [0.1, 0.15) is 22.8 Å². The minimum Gasteiger partial charge on any atom is -0.360 e. The van der Waals surface area contributed by atoms with Crippen LogP contribution in [-0.2, 0) is 0 Å². The molecule has 3 aromatic rings. The first kappa shape index (κ1) is 17.7. The molecule has 3 rings (SSSR count). The SMILES string of the molecule is Cc1onc(-c2c(Cl)cccc2Cl)c1C(=O)Nc1ccc(Cl)cc1F. The number of halogens is 4. The number of benzene rings is 2. The molecule has 1 amide bonds. The molecule has 128 valence electrons. The van der Waals surface area contributed by atoms with Gasteiger partial charge in [0.25, 0.3) is 5.91 Å². The van der Waals surface area contributed by atoms with E-state index in [0.717, 1.165) is 6.07 Å². The Morgan fingerprint density at radius 3 is 2.48 bits per heavy atom. The monoisotopic (exact) mass is 398 g/mol. The standard InChI is InChI=1S/C17H10Cl3FN2O2/c1-8-14(17(24)22-13-6-5-9(18)7-12(13)21)16(23-25-8)15-10(19)3-2-4-11(15)20/h2-7H,1H3,(H,22,24). The number of hydrogen-bond acceptors (Lipinski definition) is 3. The Bertz CT molecular complexity index is 952. The molecule has 4 nitrogen and oxygen atoms in total. The van der Waals surface area contributed by atoms with Gasteiger partial charge in [0.2, 0.25) is 0 Å². The van der Waals surface area contributed by atoms with Crippen molar-refractivity contribution in [3.8, 4) is 11.3 Å². The van der Waals surface area contributed by atoms with Crippen LogP contribution in [-0.4, -0.2) is 11.1 Å². The van der Waals surface area contributed by atoms with E-state index >= 15 is 0 Å². The van der Waals surface area contributed by atoms with E-state index in [1.54, 1.807) is 25.1 Å². The number of aryl methyl sites for hydroxylation is 1. The molecule has 2 aromatic carbocycles. The van der Waals surface area contributed by atoms with E-state index in [9.17, 15) is 9.18 Å². The second kappa shape index (κ2) is 7.04. The number of hydrogen-bond donors (Lipinski definition) is 1. The van der Waals surface area contributed by atoms with Gasteiger partial charge in [-0.3, -0.25) is 4.79 Å². The summed E-state index contributed by atoms with van der Waals surface area (Å²) in [7, 11) is 0. The Morgan fingerprint density at radius 2 is 1.84 bits per heavy atom. The van der Waals surface area contributed by atoms with Crippen LogP contribution in [0.2, 0.25) is 15.1 Å². The Morgan fingerprint density at radius 1 is 1.16 bits per heavy atom. The summed E-state index contributed by atoms with van der Waals surface area (Å²) in [5.74, 6) is -1.02. The van der Waals surface area contributed by atoms with Gasteiger partial charge in [0.05, 0.1) is 15.7 Å². The van der Waals surface area contributed by atoms with Gasteiger partial charge < -0.3 is 9.84 Å². The van der Waals surface area contributed by atoms with Crippen molar-refractivity contribution in [2.75, 3.05) is 5.32 Å². The summed E-state index contributed by atoms with van der Waals surface area (Å²) < 4.78 is 19.0. The molecule has 1 N–H and O–H groups in total. The molecule has 1 heterocycles. The molecule has 8 heteroatoms. The quantitative estimate of drug-likeness (QED) is 0.587. The van der Waals surface area contributed by atoms with Crippen LogP contribution < -0.4 is 5.32 Å². The van der Waals surface area contributed by atoms with Crippen molar-refractivity contribution < 1.29 is 13.7 Å². The summed E-state index contributed by atoms with van der Waals surface area (Å²) in [5, 5.41) is 7.21. The van der Waals surface area contributed by atoms with Crippen LogP contribution in [0.1, 0.15) is 16.1 Å². The number of aromatic nitrogens is 1. The molecule has 25 heavy (non-hydrogen) atoms. The van der Waals surface area contributed by atoms with E-state index in [1.807, 2.05) is 0 Å². The molecule has 0 spiro atoms. The zero-order chi connectivity index (χ0) is 18.1. The van der Waals surface area contributed by atoms with Gasteiger partial charge in [-0.05, 0) is 37.3 Å². The Hall–Kier alpha value is -2.08. The van der Waals surface area contributed by atoms with Crippen LogP contribution >= 0.6 is 34.8 Å². The highest BCUT2D eigenvalue weighted by atomic mass is 35.5. The molecule has 1 aromatic heterocycles. The minimum atomic E-state index is -0.660. The highest BCUT2D eigenvalue weighted by Gasteiger charge is 2.25. The molecule has 0 aliphatic carbocycles. The summed E-state index contributed by atoms with van der Waals surface area (Å²) in [4.78, 5) is 12.7. The van der Waals surface area contributed by atoms with Gasteiger partial charge in [-0.2, -0.15) is 0 Å². The number of carbonyl (C=O) groups is 1. The van der Waals surface area contributed by atoms with Crippen LogP contribution in [0.3, 0.4) is 0 Å². The zero-order valence-corrected chi connectivity index (χ0v) is 15.0.